The van der Waals surface area contributed by atoms with Gasteiger partial charge in [0.2, 0.25) is 5.91 Å². The molecule has 1 fully saturated rings. The molecule has 5 rings (SSSR count). The number of hydrogen-bond donors (Lipinski definition) is 5. The normalized spacial score (nSPS) is 18.6. The molecule has 0 saturated carbocycles. The summed E-state index contributed by atoms with van der Waals surface area (Å²) in [6, 6.07) is 5.23. The van der Waals surface area contributed by atoms with Crippen LogP contribution in [-0.2, 0) is 11.2 Å². The Morgan fingerprint density at radius 1 is 1.35 bits per heavy atom. The SMILES string of the molecule is CCc1[nH]c2nc(Sc3cnc4cccnc4c3)nc(N3CC(N)[C@H](C(=O)NCC(O)CO)C3)c2c1Cl. The van der Waals surface area contributed by atoms with Crippen molar-refractivity contribution >= 4 is 57.2 Å². The van der Waals surface area contributed by atoms with Crippen LogP contribution in [0.5, 0.6) is 0 Å². The minimum atomic E-state index is -1.02. The van der Waals surface area contributed by atoms with Gasteiger partial charge in [0.1, 0.15) is 11.5 Å². The fourth-order valence-electron chi connectivity index (χ4n) is 4.38. The van der Waals surface area contributed by atoms with Gasteiger partial charge in [-0.1, -0.05) is 18.5 Å². The summed E-state index contributed by atoms with van der Waals surface area (Å²) in [4.78, 5) is 37.3. The number of nitrogens with zero attached hydrogens (tertiary/aromatic N) is 5. The lowest BCUT2D eigenvalue weighted by Gasteiger charge is -2.19. The quantitative estimate of drug-likeness (QED) is 0.206. The summed E-state index contributed by atoms with van der Waals surface area (Å²) >= 11 is 8.09. The molecule has 0 bridgehead atoms. The lowest BCUT2D eigenvalue weighted by Crippen LogP contribution is -2.43. The van der Waals surface area contributed by atoms with Crippen LogP contribution in [0.1, 0.15) is 12.6 Å². The van der Waals surface area contributed by atoms with Crippen molar-refractivity contribution in [3.63, 3.8) is 0 Å². The second-order valence-electron chi connectivity index (χ2n) is 8.90. The van der Waals surface area contributed by atoms with Crippen molar-refractivity contribution in [1.82, 2.24) is 30.2 Å². The molecular weight excluding hydrogens is 516 g/mol. The summed E-state index contributed by atoms with van der Waals surface area (Å²) in [5, 5.41) is 23.0. The number of fused-ring (bicyclic) bond motifs is 2. The molecule has 1 aliphatic heterocycles. The number of pyridine rings is 2. The Hall–Kier alpha value is -3.03. The second kappa shape index (κ2) is 10.8. The van der Waals surface area contributed by atoms with Gasteiger partial charge in [-0.25, -0.2) is 9.97 Å². The highest BCUT2D eigenvalue weighted by Gasteiger charge is 2.37. The van der Waals surface area contributed by atoms with Gasteiger partial charge in [-0.3, -0.25) is 14.8 Å². The molecular formula is C24H27ClN8O3S. The molecule has 0 aromatic carbocycles. The molecule has 1 amide bonds. The Bertz CT molecular complexity index is 1450. The van der Waals surface area contributed by atoms with Crippen molar-refractivity contribution < 1.29 is 15.0 Å². The first-order valence-corrected chi connectivity index (χ1v) is 13.1. The first-order chi connectivity index (χ1) is 17.9. The molecule has 2 unspecified atom stereocenters. The maximum Gasteiger partial charge on any atom is 0.226 e. The van der Waals surface area contributed by atoms with Gasteiger partial charge in [-0.05, 0) is 36.4 Å². The molecule has 13 heteroatoms. The van der Waals surface area contributed by atoms with Gasteiger partial charge in [-0.2, -0.15) is 0 Å². The number of aryl methyl sites for hydroxylation is 1. The van der Waals surface area contributed by atoms with Crippen LogP contribution < -0.4 is 16.0 Å². The van der Waals surface area contributed by atoms with Gasteiger partial charge < -0.3 is 31.1 Å². The van der Waals surface area contributed by atoms with Gasteiger partial charge in [0, 0.05) is 48.7 Å². The van der Waals surface area contributed by atoms with E-state index in [1.165, 1.54) is 11.8 Å². The zero-order valence-electron chi connectivity index (χ0n) is 20.1. The van der Waals surface area contributed by atoms with E-state index in [1.807, 2.05) is 30.0 Å². The molecule has 3 atom stereocenters. The van der Waals surface area contributed by atoms with Gasteiger partial charge in [-0.15, -0.1) is 0 Å². The number of aromatic nitrogens is 5. The second-order valence-corrected chi connectivity index (χ2v) is 10.3. The van der Waals surface area contributed by atoms with Crippen LogP contribution >= 0.6 is 23.4 Å². The third kappa shape index (κ3) is 5.20. The van der Waals surface area contributed by atoms with Crippen molar-refractivity contribution in [1.29, 1.82) is 0 Å². The standard InChI is InChI=1S/C24H27ClN8O3S/c1-2-16-20(25)19-21(30-16)31-24(37-13-6-18-17(28-8-13)4-3-5-27-18)32-22(19)33-9-14(15(26)10-33)23(36)29-7-12(35)11-34/h3-6,8,12,14-15,34-35H,2,7,9-11,26H2,1H3,(H,29,36)(H,30,31,32)/t12?,14-,15?/m1/s1. The Morgan fingerprint density at radius 3 is 2.97 bits per heavy atom. The fraction of sp³-hybridized carbons (Fsp3) is 0.375. The van der Waals surface area contributed by atoms with Crippen LogP contribution in [0, 0.1) is 5.92 Å². The van der Waals surface area contributed by atoms with Gasteiger partial charge in [0.25, 0.3) is 0 Å². The minimum Gasteiger partial charge on any atom is -0.394 e. The maximum atomic E-state index is 12.8. The molecule has 4 aromatic heterocycles. The van der Waals surface area contributed by atoms with Crippen molar-refractivity contribution in [3.8, 4) is 0 Å². The van der Waals surface area contributed by atoms with Crippen molar-refractivity contribution in [2.75, 3.05) is 31.1 Å². The Kier molecular flexibility index (Phi) is 7.45. The molecule has 5 heterocycles. The summed E-state index contributed by atoms with van der Waals surface area (Å²) in [5.74, 6) is -0.209. The number of nitrogens with one attached hydrogen (secondary N) is 2. The number of aliphatic hydroxyl groups excluding tert-OH is 2. The molecule has 0 radical (unpaired) electrons. The lowest BCUT2D eigenvalue weighted by molar-refractivity contribution is -0.125. The molecule has 1 saturated heterocycles. The number of carbonyl (C=O) groups is 1. The number of nitrogens with two attached hydrogens (primary N) is 1. The zero-order valence-corrected chi connectivity index (χ0v) is 21.6. The first-order valence-electron chi connectivity index (χ1n) is 11.9. The summed E-state index contributed by atoms with van der Waals surface area (Å²) in [7, 11) is 0. The number of anilines is 1. The van der Waals surface area contributed by atoms with E-state index in [-0.39, 0.29) is 12.5 Å². The number of carbonyl (C=O) groups excluding carboxylic acids is 1. The van der Waals surface area contributed by atoms with Crippen LogP contribution in [-0.4, -0.2) is 79.4 Å². The Morgan fingerprint density at radius 2 is 2.19 bits per heavy atom. The zero-order chi connectivity index (χ0) is 26.1. The number of aliphatic hydroxyl groups is 2. The van der Waals surface area contributed by atoms with E-state index >= 15 is 0 Å². The summed E-state index contributed by atoms with van der Waals surface area (Å²) in [6.07, 6.45) is 3.15. The number of hydrogen-bond acceptors (Lipinski definition) is 10. The first kappa shape index (κ1) is 25.6. The number of H-pyrrole nitrogens is 1. The molecule has 194 valence electrons. The average Bonchev–Trinajstić information content (AvgIpc) is 3.45. The van der Waals surface area contributed by atoms with Crippen LogP contribution in [0.4, 0.5) is 5.82 Å². The third-order valence-electron chi connectivity index (χ3n) is 6.34. The lowest BCUT2D eigenvalue weighted by atomic mass is 10.0. The van der Waals surface area contributed by atoms with E-state index in [0.29, 0.717) is 46.5 Å². The van der Waals surface area contributed by atoms with Gasteiger partial charge in [0.15, 0.2) is 5.16 Å². The topological polar surface area (TPSA) is 166 Å². The highest BCUT2D eigenvalue weighted by atomic mass is 35.5. The molecule has 0 spiro atoms. The van der Waals surface area contributed by atoms with Crippen molar-refractivity contribution in [2.24, 2.45) is 11.7 Å². The van der Waals surface area contributed by atoms with E-state index in [1.54, 1.807) is 12.4 Å². The van der Waals surface area contributed by atoms with E-state index in [9.17, 15) is 9.90 Å². The number of rotatable bonds is 8. The molecule has 37 heavy (non-hydrogen) atoms. The number of amides is 1. The van der Waals surface area contributed by atoms with Crippen molar-refractivity contribution in [2.45, 2.75) is 35.5 Å². The smallest absolute Gasteiger partial charge is 0.226 e. The highest BCUT2D eigenvalue weighted by molar-refractivity contribution is 7.99. The highest BCUT2D eigenvalue weighted by Crippen LogP contribution is 2.38. The van der Waals surface area contributed by atoms with Gasteiger partial charge in [0.05, 0.1) is 40.1 Å². The van der Waals surface area contributed by atoms with Crippen LogP contribution in [0.2, 0.25) is 5.02 Å². The minimum absolute atomic E-state index is 0.0464. The molecule has 0 aliphatic carbocycles. The predicted octanol–water partition coefficient (Wildman–Crippen LogP) is 1.50. The molecule has 4 aromatic rings. The van der Waals surface area contributed by atoms with Crippen LogP contribution in [0.15, 0.2) is 40.6 Å². The third-order valence-corrected chi connectivity index (χ3v) is 7.58. The Balaban J connectivity index is 1.47. The monoisotopic (exact) mass is 542 g/mol. The maximum absolute atomic E-state index is 12.8. The number of aromatic amines is 1. The van der Waals surface area contributed by atoms with E-state index < -0.39 is 24.7 Å². The van der Waals surface area contributed by atoms with Gasteiger partial charge >= 0.3 is 0 Å². The summed E-state index contributed by atoms with van der Waals surface area (Å²) in [6.45, 7) is 2.23. The molecule has 11 nitrogen and oxygen atoms in total. The molecule has 6 N–H and O–H groups in total. The van der Waals surface area contributed by atoms with Crippen LogP contribution in [0.3, 0.4) is 0 Å². The largest absolute Gasteiger partial charge is 0.394 e. The summed E-state index contributed by atoms with van der Waals surface area (Å²) in [5.41, 5.74) is 9.38. The fourth-order valence-corrected chi connectivity index (χ4v) is 5.49. The average molecular weight is 543 g/mol. The Labute approximate surface area is 221 Å². The predicted molar refractivity (Wildman–Crippen MR) is 142 cm³/mol. The van der Waals surface area contributed by atoms with E-state index in [2.05, 4.69) is 20.3 Å². The van der Waals surface area contributed by atoms with Crippen molar-refractivity contribution in [3.05, 3.63) is 41.3 Å². The van der Waals surface area contributed by atoms with E-state index in [0.717, 1.165) is 21.6 Å². The summed E-state index contributed by atoms with van der Waals surface area (Å²) < 4.78 is 0. The van der Waals surface area contributed by atoms with E-state index in [4.69, 9.17) is 32.4 Å². The van der Waals surface area contributed by atoms with Crippen LogP contribution in [0.25, 0.3) is 22.1 Å². The number of halogens is 1. The molecule has 1 aliphatic rings.